The lowest BCUT2D eigenvalue weighted by Gasteiger charge is -2.46. The first-order valence-electron chi connectivity index (χ1n) is 13.5. The minimum atomic E-state index is -0.959. The van der Waals surface area contributed by atoms with Crippen molar-refractivity contribution >= 4 is 11.4 Å². The van der Waals surface area contributed by atoms with Crippen molar-refractivity contribution in [2.75, 3.05) is 37.6 Å². The standard InChI is InChI=1S/C27H47N5O4/c1-16(2)32(13-22-24(33)25(34)26(36-22)29-15-28)19-10-17(11-19)6-9-23-30-20-8-7-18(12-21(20)31-23)27(3,4)14-35-5/h7-8,12,16-17,19,22-26,29-31,33-34H,6,9-11,13-15,28H2,1-5H3/t17?,19?,22-,23?,24-,25-,26-/m1/s1. The molecule has 1 saturated heterocycles. The van der Waals surface area contributed by atoms with Crippen LogP contribution in [0.2, 0.25) is 0 Å². The maximum atomic E-state index is 10.5. The van der Waals surface area contributed by atoms with Gasteiger partial charge in [0.25, 0.3) is 0 Å². The number of aliphatic hydroxyl groups is 2. The van der Waals surface area contributed by atoms with Gasteiger partial charge in [-0.1, -0.05) is 19.9 Å². The van der Waals surface area contributed by atoms with E-state index < -0.39 is 24.5 Å². The molecule has 3 aliphatic rings. The molecule has 1 aromatic rings. The molecule has 0 amide bonds. The van der Waals surface area contributed by atoms with Gasteiger partial charge in [-0.2, -0.15) is 0 Å². The lowest BCUT2D eigenvalue weighted by Crippen LogP contribution is -2.52. The maximum absolute atomic E-state index is 10.5. The first-order chi connectivity index (χ1) is 17.1. The van der Waals surface area contributed by atoms with Crippen molar-refractivity contribution in [1.82, 2.24) is 10.2 Å². The molecule has 4 rings (SSSR count). The van der Waals surface area contributed by atoms with Crippen LogP contribution in [0.15, 0.2) is 18.2 Å². The topological polar surface area (TPSA) is 124 Å². The van der Waals surface area contributed by atoms with E-state index in [9.17, 15) is 10.2 Å². The second-order valence-corrected chi connectivity index (χ2v) is 11.8. The van der Waals surface area contributed by atoms with Gasteiger partial charge in [-0.15, -0.1) is 0 Å². The van der Waals surface area contributed by atoms with Crippen LogP contribution in [-0.2, 0) is 14.9 Å². The zero-order chi connectivity index (χ0) is 26.0. The number of anilines is 2. The molecule has 1 aromatic carbocycles. The number of benzene rings is 1. The Morgan fingerprint density at radius 2 is 1.89 bits per heavy atom. The SMILES string of the molecule is COCC(C)(C)c1ccc2c(c1)NC(CCC1CC(N(C[C@H]3O[C@@H](NCN)[C@H](O)[C@@H]3O)C(C)C)C1)N2. The van der Waals surface area contributed by atoms with E-state index in [2.05, 4.69) is 66.7 Å². The van der Waals surface area contributed by atoms with Gasteiger partial charge in [0.15, 0.2) is 0 Å². The molecule has 36 heavy (non-hydrogen) atoms. The van der Waals surface area contributed by atoms with Gasteiger partial charge in [-0.25, -0.2) is 0 Å². The molecule has 2 fully saturated rings. The van der Waals surface area contributed by atoms with Gasteiger partial charge in [-0.05, 0) is 63.1 Å². The van der Waals surface area contributed by atoms with Crippen LogP contribution in [0.1, 0.15) is 58.9 Å². The molecule has 0 spiro atoms. The number of nitrogens with one attached hydrogen (secondary N) is 3. The third-order valence-electron chi connectivity index (χ3n) is 8.24. The van der Waals surface area contributed by atoms with E-state index in [0.29, 0.717) is 31.2 Å². The molecule has 0 bridgehead atoms. The Balaban J connectivity index is 1.23. The smallest absolute Gasteiger partial charge is 0.138 e. The maximum Gasteiger partial charge on any atom is 0.138 e. The molecule has 2 aliphatic heterocycles. The lowest BCUT2D eigenvalue weighted by atomic mass is 9.76. The summed E-state index contributed by atoms with van der Waals surface area (Å²) >= 11 is 0. The van der Waals surface area contributed by atoms with Crippen LogP contribution in [0.25, 0.3) is 0 Å². The first kappa shape index (κ1) is 27.6. The van der Waals surface area contributed by atoms with E-state index in [1.165, 1.54) is 23.4 Å². The predicted molar refractivity (Wildman–Crippen MR) is 143 cm³/mol. The second-order valence-electron chi connectivity index (χ2n) is 11.8. The van der Waals surface area contributed by atoms with E-state index in [-0.39, 0.29) is 18.2 Å². The number of nitrogens with zero attached hydrogens (tertiary/aromatic N) is 1. The average Bonchev–Trinajstić information content (AvgIpc) is 3.32. The number of hydrogen-bond donors (Lipinski definition) is 6. The van der Waals surface area contributed by atoms with Crippen LogP contribution in [0, 0.1) is 5.92 Å². The van der Waals surface area contributed by atoms with Crippen molar-refractivity contribution in [3.05, 3.63) is 23.8 Å². The van der Waals surface area contributed by atoms with Crippen molar-refractivity contribution < 1.29 is 19.7 Å². The Kier molecular flexibility index (Phi) is 8.82. The summed E-state index contributed by atoms with van der Waals surface area (Å²) in [6.07, 6.45) is 1.92. The molecule has 1 aliphatic carbocycles. The summed E-state index contributed by atoms with van der Waals surface area (Å²) in [7, 11) is 1.75. The minimum Gasteiger partial charge on any atom is -0.387 e. The number of rotatable bonds is 12. The number of aliphatic hydroxyl groups excluding tert-OH is 2. The van der Waals surface area contributed by atoms with E-state index in [1.807, 2.05) is 0 Å². The molecular formula is C27H47N5O4. The highest BCUT2D eigenvalue weighted by Crippen LogP contribution is 2.39. The molecule has 0 aromatic heterocycles. The summed E-state index contributed by atoms with van der Waals surface area (Å²) < 4.78 is 11.3. The zero-order valence-electron chi connectivity index (χ0n) is 22.5. The number of fused-ring (bicyclic) bond motifs is 1. The largest absolute Gasteiger partial charge is 0.387 e. The molecule has 1 saturated carbocycles. The molecular weight excluding hydrogens is 458 g/mol. The quantitative estimate of drug-likeness (QED) is 0.237. The monoisotopic (exact) mass is 505 g/mol. The second kappa shape index (κ2) is 11.5. The van der Waals surface area contributed by atoms with Gasteiger partial charge in [0, 0.05) is 37.8 Å². The van der Waals surface area contributed by atoms with Gasteiger partial charge >= 0.3 is 0 Å². The Morgan fingerprint density at radius 3 is 2.56 bits per heavy atom. The molecule has 9 heteroatoms. The van der Waals surface area contributed by atoms with Crippen molar-refractivity contribution in [3.63, 3.8) is 0 Å². The Hall–Kier alpha value is -1.46. The van der Waals surface area contributed by atoms with Crippen molar-refractivity contribution in [2.45, 2.75) is 102 Å². The highest BCUT2D eigenvalue weighted by atomic mass is 16.6. The van der Waals surface area contributed by atoms with E-state index in [0.717, 1.165) is 19.3 Å². The zero-order valence-corrected chi connectivity index (χ0v) is 22.5. The molecule has 7 N–H and O–H groups in total. The average molecular weight is 506 g/mol. The van der Waals surface area contributed by atoms with Gasteiger partial charge < -0.3 is 36.1 Å². The summed E-state index contributed by atoms with van der Waals surface area (Å²) in [5, 5.41) is 30.9. The fourth-order valence-corrected chi connectivity index (χ4v) is 5.99. The third-order valence-corrected chi connectivity index (χ3v) is 8.24. The van der Waals surface area contributed by atoms with Crippen LogP contribution in [-0.4, -0.2) is 84.8 Å². The van der Waals surface area contributed by atoms with Crippen molar-refractivity contribution in [3.8, 4) is 0 Å². The number of methoxy groups -OCH3 is 1. The summed E-state index contributed by atoms with van der Waals surface area (Å²) in [6.45, 7) is 10.3. The molecule has 1 unspecified atom stereocenters. The molecule has 9 nitrogen and oxygen atoms in total. The Labute approximate surface area is 216 Å². The van der Waals surface area contributed by atoms with Crippen LogP contribution in [0.4, 0.5) is 11.4 Å². The summed E-state index contributed by atoms with van der Waals surface area (Å²) in [6, 6.07) is 7.46. The number of hydrogen-bond acceptors (Lipinski definition) is 9. The molecule has 2 heterocycles. The highest BCUT2D eigenvalue weighted by molar-refractivity contribution is 5.75. The summed E-state index contributed by atoms with van der Waals surface area (Å²) in [4.78, 5) is 2.42. The normalized spacial score (nSPS) is 31.9. The Morgan fingerprint density at radius 1 is 1.17 bits per heavy atom. The van der Waals surface area contributed by atoms with Gasteiger partial charge in [0.1, 0.15) is 24.5 Å². The third kappa shape index (κ3) is 5.99. The number of ether oxygens (including phenoxy) is 2. The van der Waals surface area contributed by atoms with E-state index in [4.69, 9.17) is 15.2 Å². The number of nitrogens with two attached hydrogens (primary N) is 1. The van der Waals surface area contributed by atoms with Crippen LogP contribution in [0.3, 0.4) is 0 Å². The fourth-order valence-electron chi connectivity index (χ4n) is 5.99. The first-order valence-corrected chi connectivity index (χ1v) is 13.5. The van der Waals surface area contributed by atoms with Gasteiger partial charge in [-0.3, -0.25) is 10.2 Å². The highest BCUT2D eigenvalue weighted by Gasteiger charge is 2.45. The van der Waals surface area contributed by atoms with Crippen molar-refractivity contribution in [2.24, 2.45) is 11.7 Å². The molecule has 204 valence electrons. The van der Waals surface area contributed by atoms with E-state index in [1.54, 1.807) is 7.11 Å². The van der Waals surface area contributed by atoms with E-state index >= 15 is 0 Å². The Bertz CT molecular complexity index is 863. The van der Waals surface area contributed by atoms with Gasteiger partial charge in [0.2, 0.25) is 0 Å². The van der Waals surface area contributed by atoms with Crippen LogP contribution >= 0.6 is 0 Å². The van der Waals surface area contributed by atoms with Gasteiger partial charge in [0.05, 0.1) is 24.1 Å². The fraction of sp³-hybridized carbons (Fsp3) is 0.778. The minimum absolute atomic E-state index is 0.0215. The van der Waals surface area contributed by atoms with Crippen LogP contribution < -0.4 is 21.7 Å². The predicted octanol–water partition coefficient (Wildman–Crippen LogP) is 2.00. The van der Waals surface area contributed by atoms with Crippen molar-refractivity contribution in [1.29, 1.82) is 0 Å². The molecule has 0 radical (unpaired) electrons. The lowest BCUT2D eigenvalue weighted by molar-refractivity contribution is -0.0495. The molecule has 5 atom stereocenters. The summed E-state index contributed by atoms with van der Waals surface area (Å²) in [5.41, 5.74) is 9.14. The van der Waals surface area contributed by atoms with Crippen LogP contribution in [0.5, 0.6) is 0 Å². The summed E-state index contributed by atoms with van der Waals surface area (Å²) in [5.74, 6) is 0.700.